The third kappa shape index (κ3) is 6.20. The van der Waals surface area contributed by atoms with Crippen LogP contribution in [-0.4, -0.2) is 14.7 Å². The van der Waals surface area contributed by atoms with Gasteiger partial charge in [-0.25, -0.2) is 4.79 Å². The van der Waals surface area contributed by atoms with E-state index in [2.05, 4.69) is 54.4 Å². The van der Waals surface area contributed by atoms with Gasteiger partial charge in [-0.15, -0.1) is 6.58 Å². The molecule has 0 fully saturated rings. The summed E-state index contributed by atoms with van der Waals surface area (Å²) in [6, 6.07) is 0. The van der Waals surface area contributed by atoms with E-state index >= 15 is 0 Å². The van der Waals surface area contributed by atoms with Crippen LogP contribution in [-0.2, 0) is 9.53 Å². The highest BCUT2D eigenvalue weighted by atomic mass is 80.0. The molecule has 0 atom stereocenters. The summed E-state index contributed by atoms with van der Waals surface area (Å²) < 4.78 is 3.94. The van der Waals surface area contributed by atoms with Crippen molar-refractivity contribution in [2.45, 2.75) is 15.0 Å². The molecule has 0 unspecified atom stereocenters. The zero-order chi connectivity index (χ0) is 9.61. The van der Waals surface area contributed by atoms with E-state index in [1.807, 2.05) is 0 Å². The number of ether oxygens (including phenoxy) is 1. The number of rotatable bonds is 4. The molecule has 5 heteroatoms. The molecule has 0 aromatic carbocycles. The first-order valence-electron chi connectivity index (χ1n) is 3.33. The first-order valence-corrected chi connectivity index (χ1v) is 5.71. The highest BCUT2D eigenvalue weighted by Gasteiger charge is 2.30. The predicted molar refractivity (Wildman–Crippen MR) is 59.9 cm³/mol. The molecule has 0 aliphatic rings. The van der Waals surface area contributed by atoms with E-state index in [0.717, 1.165) is 12.8 Å². The number of halogens is 3. The van der Waals surface area contributed by atoms with Crippen molar-refractivity contribution in [3.63, 3.8) is 0 Å². The van der Waals surface area contributed by atoms with E-state index in [1.54, 1.807) is 6.08 Å². The zero-order valence-corrected chi connectivity index (χ0v) is 11.1. The maximum atomic E-state index is 11.0. The van der Waals surface area contributed by atoms with Gasteiger partial charge in [-0.05, 0) is 60.6 Å². The van der Waals surface area contributed by atoms with Crippen molar-refractivity contribution >= 4 is 53.8 Å². The lowest BCUT2D eigenvalue weighted by Crippen LogP contribution is -2.20. The van der Waals surface area contributed by atoms with Crippen molar-refractivity contribution in [1.82, 2.24) is 0 Å². The summed E-state index contributed by atoms with van der Waals surface area (Å²) in [7, 11) is 0. The van der Waals surface area contributed by atoms with Gasteiger partial charge in [0.05, 0.1) is 6.61 Å². The van der Waals surface area contributed by atoms with Gasteiger partial charge in [0.15, 0.2) is 0 Å². The molecule has 12 heavy (non-hydrogen) atoms. The smallest absolute Gasteiger partial charge is 0.344 e. The Hall–Kier alpha value is 0.650. The van der Waals surface area contributed by atoms with Crippen molar-refractivity contribution in [2.75, 3.05) is 6.61 Å². The summed E-state index contributed by atoms with van der Waals surface area (Å²) in [4.78, 5) is 11.0. The molecular formula is C7H9Br3O2. The fourth-order valence-corrected chi connectivity index (χ4v) is 0.818. The molecule has 0 saturated heterocycles. The Labute approximate surface area is 97.1 Å². The normalized spacial score (nSPS) is 10.9. The van der Waals surface area contributed by atoms with E-state index in [9.17, 15) is 4.79 Å². The molecule has 70 valence electrons. The monoisotopic (exact) mass is 362 g/mol. The largest absolute Gasteiger partial charge is 0.463 e. The molecule has 0 aromatic heterocycles. The fourth-order valence-electron chi connectivity index (χ4n) is 0.474. The maximum Gasteiger partial charge on any atom is 0.344 e. The van der Waals surface area contributed by atoms with Gasteiger partial charge in [0.25, 0.3) is 0 Å². The second-order valence-electron chi connectivity index (χ2n) is 2.06. The Kier molecular flexibility index (Phi) is 6.49. The second kappa shape index (κ2) is 6.16. The van der Waals surface area contributed by atoms with Crippen LogP contribution >= 0.6 is 47.8 Å². The molecule has 0 amide bonds. The van der Waals surface area contributed by atoms with Gasteiger partial charge in [0.1, 0.15) is 0 Å². The Balaban J connectivity index is 3.51. The van der Waals surface area contributed by atoms with Crippen molar-refractivity contribution in [2.24, 2.45) is 0 Å². The molecule has 2 nitrogen and oxygen atoms in total. The topological polar surface area (TPSA) is 26.3 Å². The fraction of sp³-hybridized carbons (Fsp3) is 0.571. The number of alkyl halides is 3. The van der Waals surface area contributed by atoms with Crippen LogP contribution in [0.15, 0.2) is 12.7 Å². The van der Waals surface area contributed by atoms with E-state index < -0.39 is 2.14 Å². The number of allylic oxidation sites excluding steroid dienone is 1. The van der Waals surface area contributed by atoms with Crippen molar-refractivity contribution in [3.8, 4) is 0 Å². The molecule has 0 heterocycles. The maximum absolute atomic E-state index is 11.0. The molecule has 0 aliphatic heterocycles. The van der Waals surface area contributed by atoms with Crippen molar-refractivity contribution in [1.29, 1.82) is 0 Å². The molecule has 0 spiro atoms. The lowest BCUT2D eigenvalue weighted by molar-refractivity contribution is -0.141. The summed E-state index contributed by atoms with van der Waals surface area (Å²) in [5, 5.41) is 0. The Morgan fingerprint density at radius 3 is 2.50 bits per heavy atom. The lowest BCUT2D eigenvalue weighted by atomic mass is 10.3. The van der Waals surface area contributed by atoms with Gasteiger partial charge in [0.2, 0.25) is 2.14 Å². The Morgan fingerprint density at radius 2 is 2.08 bits per heavy atom. The number of hydrogen-bond donors (Lipinski definition) is 0. The zero-order valence-electron chi connectivity index (χ0n) is 6.36. The number of esters is 1. The molecular weight excluding hydrogens is 356 g/mol. The molecule has 0 saturated carbocycles. The van der Waals surface area contributed by atoms with E-state index in [4.69, 9.17) is 4.74 Å². The van der Waals surface area contributed by atoms with Crippen LogP contribution in [0.2, 0.25) is 0 Å². The molecule has 0 rings (SSSR count). The molecule has 0 N–H and O–H groups in total. The minimum atomic E-state index is -0.943. The minimum absolute atomic E-state index is 0.383. The molecule has 0 aromatic rings. The van der Waals surface area contributed by atoms with Crippen LogP contribution < -0.4 is 0 Å². The summed E-state index contributed by atoms with van der Waals surface area (Å²) in [6.07, 6.45) is 3.45. The van der Waals surface area contributed by atoms with Gasteiger partial charge >= 0.3 is 5.97 Å². The molecule has 0 radical (unpaired) electrons. The first-order chi connectivity index (χ1) is 5.48. The number of carbonyl (C=O) groups is 1. The highest BCUT2D eigenvalue weighted by molar-refractivity contribution is 9.40. The number of unbranched alkanes of at least 4 members (excludes halogenated alkanes) is 1. The lowest BCUT2D eigenvalue weighted by Gasteiger charge is -2.10. The van der Waals surface area contributed by atoms with Gasteiger partial charge in [-0.2, -0.15) is 0 Å². The third-order valence-corrected chi connectivity index (χ3v) is 1.99. The van der Waals surface area contributed by atoms with Crippen LogP contribution in [0.5, 0.6) is 0 Å². The van der Waals surface area contributed by atoms with Gasteiger partial charge in [-0.1, -0.05) is 6.08 Å². The molecule has 0 bridgehead atoms. The van der Waals surface area contributed by atoms with Crippen LogP contribution in [0.25, 0.3) is 0 Å². The minimum Gasteiger partial charge on any atom is -0.463 e. The summed E-state index contributed by atoms with van der Waals surface area (Å²) in [5.41, 5.74) is 0. The van der Waals surface area contributed by atoms with Gasteiger partial charge < -0.3 is 4.74 Å². The third-order valence-electron chi connectivity index (χ3n) is 1.02. The van der Waals surface area contributed by atoms with Gasteiger partial charge in [-0.3, -0.25) is 0 Å². The Bertz CT molecular complexity index is 163. The molecule has 0 aliphatic carbocycles. The van der Waals surface area contributed by atoms with E-state index in [0.29, 0.717) is 6.61 Å². The van der Waals surface area contributed by atoms with Crippen LogP contribution in [0.3, 0.4) is 0 Å². The summed E-state index contributed by atoms with van der Waals surface area (Å²) in [6.45, 7) is 3.97. The number of carbonyl (C=O) groups excluding carboxylic acids is 1. The van der Waals surface area contributed by atoms with Crippen LogP contribution in [0, 0.1) is 0 Å². The summed E-state index contributed by atoms with van der Waals surface area (Å²) >= 11 is 9.16. The van der Waals surface area contributed by atoms with Crippen molar-refractivity contribution < 1.29 is 9.53 Å². The highest BCUT2D eigenvalue weighted by Crippen LogP contribution is 2.34. The van der Waals surface area contributed by atoms with E-state index in [1.165, 1.54) is 0 Å². The van der Waals surface area contributed by atoms with Crippen LogP contribution in [0.4, 0.5) is 0 Å². The first kappa shape index (κ1) is 12.7. The summed E-state index contributed by atoms with van der Waals surface area (Å²) in [5.74, 6) is -0.383. The van der Waals surface area contributed by atoms with Gasteiger partial charge in [0, 0.05) is 0 Å². The SMILES string of the molecule is C=CCCCOC(=O)C(Br)(Br)Br. The quantitative estimate of drug-likeness (QED) is 0.331. The Morgan fingerprint density at radius 1 is 1.50 bits per heavy atom. The number of hydrogen-bond acceptors (Lipinski definition) is 2. The standard InChI is InChI=1S/C7H9Br3O2/c1-2-3-4-5-12-6(11)7(8,9)10/h2H,1,3-5H2. The van der Waals surface area contributed by atoms with Crippen molar-refractivity contribution in [3.05, 3.63) is 12.7 Å². The average Bonchev–Trinajstić information content (AvgIpc) is 1.96. The second-order valence-corrected chi connectivity index (χ2v) is 8.83. The van der Waals surface area contributed by atoms with E-state index in [-0.39, 0.29) is 5.97 Å². The van der Waals surface area contributed by atoms with Crippen LogP contribution in [0.1, 0.15) is 12.8 Å². The predicted octanol–water partition coefficient (Wildman–Crippen LogP) is 3.33. The average molecular weight is 365 g/mol.